The van der Waals surface area contributed by atoms with Crippen LogP contribution in [-0.2, 0) is 10.0 Å². The molecule has 0 amide bonds. The molecule has 0 saturated carbocycles. The van der Waals surface area contributed by atoms with Gasteiger partial charge in [-0.1, -0.05) is 6.07 Å². The molecule has 0 radical (unpaired) electrons. The molecule has 0 aromatic heterocycles. The maximum absolute atomic E-state index is 12.4. The second-order valence-electron chi connectivity index (χ2n) is 5.42. The monoisotopic (exact) mass is 393 g/mol. The second kappa shape index (κ2) is 8.49. The van der Waals surface area contributed by atoms with Gasteiger partial charge >= 0.3 is 5.69 Å². The third-order valence-electron chi connectivity index (χ3n) is 3.47. The van der Waals surface area contributed by atoms with Crippen molar-refractivity contribution in [2.75, 3.05) is 13.7 Å². The third-order valence-corrected chi connectivity index (χ3v) is 4.72. The van der Waals surface area contributed by atoms with Gasteiger partial charge in [-0.05, 0) is 43.7 Å². The highest BCUT2D eigenvalue weighted by Gasteiger charge is 2.19. The zero-order chi connectivity index (χ0) is 20.0. The van der Waals surface area contributed by atoms with Crippen molar-refractivity contribution in [3.63, 3.8) is 0 Å². The van der Waals surface area contributed by atoms with E-state index in [0.717, 1.165) is 5.56 Å². The summed E-state index contributed by atoms with van der Waals surface area (Å²) in [5.74, 6) is 0.310. The van der Waals surface area contributed by atoms with E-state index < -0.39 is 14.9 Å². The first-order valence-corrected chi connectivity index (χ1v) is 9.37. The highest BCUT2D eigenvalue weighted by atomic mass is 32.2. The van der Waals surface area contributed by atoms with Crippen LogP contribution in [0.1, 0.15) is 18.1 Å². The molecule has 9 nitrogen and oxygen atoms in total. The lowest BCUT2D eigenvalue weighted by molar-refractivity contribution is -0.385. The molecule has 144 valence electrons. The standard InChI is InChI=1S/C17H19N3O6S/c1-4-26-15-8-6-13(10-14(15)20(21)22)11-18-19-27(23,24)17-9-12(2)5-7-16(17)25-3/h5-11,19H,4H2,1-3H3/b18-11+. The summed E-state index contributed by atoms with van der Waals surface area (Å²) >= 11 is 0. The number of nitro groups is 1. The van der Waals surface area contributed by atoms with E-state index in [1.165, 1.54) is 37.6 Å². The van der Waals surface area contributed by atoms with Crippen LogP contribution in [0.2, 0.25) is 0 Å². The molecule has 10 heteroatoms. The fourth-order valence-corrected chi connectivity index (χ4v) is 3.30. The summed E-state index contributed by atoms with van der Waals surface area (Å²) in [6, 6.07) is 8.93. The predicted octanol–water partition coefficient (Wildman–Crippen LogP) is 2.62. The normalized spacial score (nSPS) is 11.4. The molecule has 0 unspecified atom stereocenters. The van der Waals surface area contributed by atoms with Gasteiger partial charge in [0.1, 0.15) is 10.6 Å². The van der Waals surface area contributed by atoms with Crippen LogP contribution in [0.5, 0.6) is 11.5 Å². The lowest BCUT2D eigenvalue weighted by Gasteiger charge is -2.09. The van der Waals surface area contributed by atoms with Gasteiger partial charge in [0, 0.05) is 11.6 Å². The number of aryl methyl sites for hydroxylation is 1. The van der Waals surface area contributed by atoms with Crippen molar-refractivity contribution >= 4 is 21.9 Å². The van der Waals surface area contributed by atoms with Crippen LogP contribution in [0.3, 0.4) is 0 Å². The van der Waals surface area contributed by atoms with Crippen molar-refractivity contribution in [2.24, 2.45) is 5.10 Å². The topological polar surface area (TPSA) is 120 Å². The van der Waals surface area contributed by atoms with Crippen LogP contribution >= 0.6 is 0 Å². The van der Waals surface area contributed by atoms with E-state index in [4.69, 9.17) is 9.47 Å². The Hall–Kier alpha value is -3.14. The van der Waals surface area contributed by atoms with Crippen molar-refractivity contribution in [1.82, 2.24) is 4.83 Å². The van der Waals surface area contributed by atoms with Crippen LogP contribution in [0.4, 0.5) is 5.69 Å². The number of ether oxygens (including phenoxy) is 2. The van der Waals surface area contributed by atoms with Gasteiger partial charge in [0.25, 0.3) is 10.0 Å². The average molecular weight is 393 g/mol. The largest absolute Gasteiger partial charge is 0.495 e. The van der Waals surface area contributed by atoms with Crippen LogP contribution < -0.4 is 14.3 Å². The molecule has 0 aliphatic carbocycles. The fraction of sp³-hybridized carbons (Fsp3) is 0.235. The summed E-state index contributed by atoms with van der Waals surface area (Å²) in [5, 5.41) is 14.8. The lowest BCUT2D eigenvalue weighted by Crippen LogP contribution is -2.19. The van der Waals surface area contributed by atoms with Crippen LogP contribution in [-0.4, -0.2) is 33.3 Å². The quantitative estimate of drug-likeness (QED) is 0.418. The maximum Gasteiger partial charge on any atom is 0.311 e. The van der Waals surface area contributed by atoms with Crippen molar-refractivity contribution in [2.45, 2.75) is 18.7 Å². The minimum atomic E-state index is -3.97. The van der Waals surface area contributed by atoms with E-state index in [1.807, 2.05) is 0 Å². The van der Waals surface area contributed by atoms with Gasteiger partial charge in [0.15, 0.2) is 5.75 Å². The molecule has 0 atom stereocenters. The van der Waals surface area contributed by atoms with E-state index in [0.29, 0.717) is 5.56 Å². The fourth-order valence-electron chi connectivity index (χ4n) is 2.25. The first-order chi connectivity index (χ1) is 12.8. The molecular weight excluding hydrogens is 374 g/mol. The van der Waals surface area contributed by atoms with E-state index in [1.54, 1.807) is 26.0 Å². The Morgan fingerprint density at radius 3 is 2.56 bits per heavy atom. The Bertz CT molecular complexity index is 973. The molecule has 0 saturated heterocycles. The van der Waals surface area contributed by atoms with E-state index in [2.05, 4.69) is 9.93 Å². The number of nitrogens with zero attached hydrogens (tertiary/aromatic N) is 2. The predicted molar refractivity (Wildman–Crippen MR) is 99.9 cm³/mol. The zero-order valence-electron chi connectivity index (χ0n) is 15.0. The van der Waals surface area contributed by atoms with Gasteiger partial charge in [0.05, 0.1) is 24.9 Å². The molecule has 27 heavy (non-hydrogen) atoms. The Labute approximate surface area is 156 Å². The van der Waals surface area contributed by atoms with Gasteiger partial charge in [-0.2, -0.15) is 18.4 Å². The number of hydrogen-bond donors (Lipinski definition) is 1. The summed E-state index contributed by atoms with van der Waals surface area (Å²) < 4.78 is 35.1. The van der Waals surface area contributed by atoms with Gasteiger partial charge < -0.3 is 9.47 Å². The van der Waals surface area contributed by atoms with Crippen molar-refractivity contribution < 1.29 is 22.8 Å². The minimum absolute atomic E-state index is 0.0557. The minimum Gasteiger partial charge on any atom is -0.495 e. The maximum atomic E-state index is 12.4. The molecule has 0 aliphatic heterocycles. The van der Waals surface area contributed by atoms with Crippen LogP contribution in [0, 0.1) is 17.0 Å². The van der Waals surface area contributed by atoms with E-state index in [9.17, 15) is 18.5 Å². The molecule has 1 N–H and O–H groups in total. The number of hydrazone groups is 1. The Balaban J connectivity index is 2.25. The van der Waals surface area contributed by atoms with Gasteiger partial charge in [-0.25, -0.2) is 0 Å². The number of rotatable bonds is 8. The molecule has 2 aromatic rings. The average Bonchev–Trinajstić information content (AvgIpc) is 2.62. The Morgan fingerprint density at radius 1 is 1.22 bits per heavy atom. The number of benzene rings is 2. The molecule has 2 aromatic carbocycles. The van der Waals surface area contributed by atoms with E-state index >= 15 is 0 Å². The van der Waals surface area contributed by atoms with E-state index in [-0.39, 0.29) is 28.7 Å². The Kier molecular flexibility index (Phi) is 6.35. The molecule has 0 heterocycles. The smallest absolute Gasteiger partial charge is 0.311 e. The molecular formula is C17H19N3O6S. The first-order valence-electron chi connectivity index (χ1n) is 7.89. The zero-order valence-corrected chi connectivity index (χ0v) is 15.8. The van der Waals surface area contributed by atoms with Crippen molar-refractivity contribution in [3.05, 3.63) is 57.6 Å². The third kappa shape index (κ3) is 4.94. The molecule has 0 bridgehead atoms. The lowest BCUT2D eigenvalue weighted by atomic mass is 10.2. The van der Waals surface area contributed by atoms with Crippen molar-refractivity contribution in [1.29, 1.82) is 0 Å². The number of sulfonamides is 1. The number of methoxy groups -OCH3 is 1. The number of nitrogens with one attached hydrogen (secondary N) is 1. The van der Waals surface area contributed by atoms with Crippen molar-refractivity contribution in [3.8, 4) is 11.5 Å². The van der Waals surface area contributed by atoms with Crippen LogP contribution in [0.15, 0.2) is 46.4 Å². The summed E-state index contributed by atoms with van der Waals surface area (Å²) in [7, 11) is -2.60. The SMILES string of the molecule is CCOc1ccc(/C=N/NS(=O)(=O)c2cc(C)ccc2OC)cc1[N+](=O)[O-]. The number of nitro benzene ring substituents is 1. The first kappa shape index (κ1) is 20.2. The highest BCUT2D eigenvalue weighted by Crippen LogP contribution is 2.27. The summed E-state index contributed by atoms with van der Waals surface area (Å²) in [6.07, 6.45) is 1.17. The molecule has 2 rings (SSSR count). The van der Waals surface area contributed by atoms with Crippen LogP contribution in [0.25, 0.3) is 0 Å². The van der Waals surface area contributed by atoms with Gasteiger partial charge in [-0.15, -0.1) is 0 Å². The second-order valence-corrected chi connectivity index (χ2v) is 7.05. The summed E-state index contributed by atoms with van der Waals surface area (Å²) in [5.41, 5.74) is 0.843. The molecule has 0 aliphatic rings. The summed E-state index contributed by atoms with van der Waals surface area (Å²) in [6.45, 7) is 3.75. The molecule has 0 fully saturated rings. The summed E-state index contributed by atoms with van der Waals surface area (Å²) in [4.78, 5) is 12.6. The Morgan fingerprint density at radius 2 is 1.93 bits per heavy atom. The molecule has 0 spiro atoms. The highest BCUT2D eigenvalue weighted by molar-refractivity contribution is 7.89. The van der Waals surface area contributed by atoms with Gasteiger partial charge in [-0.3, -0.25) is 10.1 Å². The van der Waals surface area contributed by atoms with Gasteiger partial charge in [0.2, 0.25) is 0 Å². The number of hydrogen-bond acceptors (Lipinski definition) is 7.